The normalized spacial score (nSPS) is 10.6. The zero-order valence-corrected chi connectivity index (χ0v) is 14.7. The summed E-state index contributed by atoms with van der Waals surface area (Å²) in [6, 6.07) is 5.22. The molecule has 2 aromatic heterocycles. The molecule has 0 aliphatic heterocycles. The Labute approximate surface area is 148 Å². The number of aryl methyl sites for hydroxylation is 2. The second-order valence-corrected chi connectivity index (χ2v) is 5.35. The fraction of sp³-hybridized carbons (Fsp3) is 0.294. The summed E-state index contributed by atoms with van der Waals surface area (Å²) >= 11 is 0. The first kappa shape index (κ1) is 17.5. The van der Waals surface area contributed by atoms with Gasteiger partial charge in [-0.15, -0.1) is 0 Å². The van der Waals surface area contributed by atoms with Crippen molar-refractivity contribution in [2.45, 2.75) is 20.5 Å². The average Bonchev–Trinajstić information content (AvgIpc) is 3.25. The van der Waals surface area contributed by atoms with Crippen LogP contribution in [0.2, 0.25) is 0 Å². The summed E-state index contributed by atoms with van der Waals surface area (Å²) in [4.78, 5) is 16.4. The smallest absolute Gasteiger partial charge is 0.344 e. The highest BCUT2D eigenvalue weighted by atomic mass is 16.6. The lowest BCUT2D eigenvalue weighted by molar-refractivity contribution is 0.0427. The van der Waals surface area contributed by atoms with Gasteiger partial charge in [0.05, 0.1) is 25.5 Å². The first-order valence-corrected chi connectivity index (χ1v) is 7.68. The molecular weight excluding hydrogens is 342 g/mol. The summed E-state index contributed by atoms with van der Waals surface area (Å²) in [6.07, 6.45) is 0. The second-order valence-electron chi connectivity index (χ2n) is 5.35. The third-order valence-corrected chi connectivity index (χ3v) is 3.68. The van der Waals surface area contributed by atoms with Crippen molar-refractivity contribution >= 4 is 5.97 Å². The Hall–Kier alpha value is -3.36. The zero-order chi connectivity index (χ0) is 18.7. The lowest BCUT2D eigenvalue weighted by Gasteiger charge is -2.07. The third kappa shape index (κ3) is 3.37. The highest BCUT2D eigenvalue weighted by molar-refractivity contribution is 5.91. The number of hydrogen-bond acceptors (Lipinski definition) is 9. The molecule has 2 heterocycles. The van der Waals surface area contributed by atoms with Crippen LogP contribution < -0.4 is 9.47 Å². The van der Waals surface area contributed by atoms with Gasteiger partial charge in [0.25, 0.3) is 5.89 Å². The van der Waals surface area contributed by atoms with E-state index in [9.17, 15) is 4.79 Å². The molecule has 0 bridgehead atoms. The predicted molar refractivity (Wildman–Crippen MR) is 87.9 cm³/mol. The lowest BCUT2D eigenvalue weighted by Crippen LogP contribution is -2.07. The fourth-order valence-electron chi connectivity index (χ4n) is 2.38. The summed E-state index contributed by atoms with van der Waals surface area (Å²) in [5, 5.41) is 7.62. The molecular formula is C17H17N3O6. The van der Waals surface area contributed by atoms with E-state index < -0.39 is 5.97 Å². The molecule has 0 saturated heterocycles. The molecule has 0 amide bonds. The van der Waals surface area contributed by atoms with Gasteiger partial charge in [0, 0.05) is 6.07 Å². The second kappa shape index (κ2) is 7.26. The first-order chi connectivity index (χ1) is 12.5. The molecule has 0 aliphatic carbocycles. The maximum atomic E-state index is 12.1. The van der Waals surface area contributed by atoms with Gasteiger partial charge < -0.3 is 23.3 Å². The van der Waals surface area contributed by atoms with E-state index in [-0.39, 0.29) is 12.5 Å². The van der Waals surface area contributed by atoms with Gasteiger partial charge >= 0.3 is 5.97 Å². The molecule has 9 heteroatoms. The maximum Gasteiger partial charge on any atom is 0.344 e. The summed E-state index contributed by atoms with van der Waals surface area (Å²) in [7, 11) is 3.10. The lowest BCUT2D eigenvalue weighted by atomic mass is 10.2. The number of esters is 1. The Bertz CT molecular complexity index is 911. The largest absolute Gasteiger partial charge is 0.497 e. The molecule has 0 aliphatic rings. The molecule has 0 atom stereocenters. The van der Waals surface area contributed by atoms with Gasteiger partial charge in [-0.05, 0) is 26.0 Å². The van der Waals surface area contributed by atoms with Crippen LogP contribution >= 0.6 is 0 Å². The Kier molecular flexibility index (Phi) is 4.87. The molecule has 0 fully saturated rings. The van der Waals surface area contributed by atoms with Crippen molar-refractivity contribution in [1.82, 2.24) is 15.3 Å². The van der Waals surface area contributed by atoms with E-state index in [1.807, 2.05) is 0 Å². The number of hydrogen-bond donors (Lipinski definition) is 0. The molecule has 0 spiro atoms. The van der Waals surface area contributed by atoms with Crippen LogP contribution in [0.4, 0.5) is 0 Å². The molecule has 0 saturated carbocycles. The van der Waals surface area contributed by atoms with Crippen molar-refractivity contribution in [3.63, 3.8) is 0 Å². The van der Waals surface area contributed by atoms with E-state index in [2.05, 4.69) is 15.3 Å². The molecule has 136 valence electrons. The Balaban J connectivity index is 1.74. The van der Waals surface area contributed by atoms with Gasteiger partial charge in [0.15, 0.2) is 6.61 Å². The van der Waals surface area contributed by atoms with Gasteiger partial charge in [0.2, 0.25) is 5.82 Å². The molecule has 26 heavy (non-hydrogen) atoms. The van der Waals surface area contributed by atoms with Crippen LogP contribution in [0.3, 0.4) is 0 Å². The van der Waals surface area contributed by atoms with E-state index >= 15 is 0 Å². The molecule has 9 nitrogen and oxygen atoms in total. The Morgan fingerprint density at radius 2 is 1.92 bits per heavy atom. The number of methoxy groups -OCH3 is 2. The van der Waals surface area contributed by atoms with Gasteiger partial charge in [-0.3, -0.25) is 0 Å². The van der Waals surface area contributed by atoms with Crippen LogP contribution in [-0.2, 0) is 11.3 Å². The van der Waals surface area contributed by atoms with Crippen molar-refractivity contribution in [1.29, 1.82) is 0 Å². The van der Waals surface area contributed by atoms with Crippen LogP contribution in [0.15, 0.2) is 27.2 Å². The van der Waals surface area contributed by atoms with Crippen molar-refractivity contribution in [2.24, 2.45) is 0 Å². The highest BCUT2D eigenvalue weighted by Crippen LogP contribution is 2.31. The monoisotopic (exact) mass is 359 g/mol. The number of carbonyl (C=O) groups is 1. The summed E-state index contributed by atoms with van der Waals surface area (Å²) in [5.74, 6) is 1.46. The first-order valence-electron chi connectivity index (χ1n) is 7.68. The van der Waals surface area contributed by atoms with Gasteiger partial charge in [0.1, 0.15) is 22.8 Å². The Morgan fingerprint density at radius 3 is 2.58 bits per heavy atom. The molecule has 0 radical (unpaired) electrons. The van der Waals surface area contributed by atoms with E-state index in [0.29, 0.717) is 39.9 Å². The zero-order valence-electron chi connectivity index (χ0n) is 14.7. The van der Waals surface area contributed by atoms with Crippen LogP contribution in [-0.4, -0.2) is 35.5 Å². The predicted octanol–water partition coefficient (Wildman–Crippen LogP) is 2.72. The number of aromatic nitrogens is 3. The van der Waals surface area contributed by atoms with Gasteiger partial charge in [-0.2, -0.15) is 4.98 Å². The highest BCUT2D eigenvalue weighted by Gasteiger charge is 2.20. The number of rotatable bonds is 6. The Morgan fingerprint density at radius 1 is 1.12 bits per heavy atom. The van der Waals surface area contributed by atoms with E-state index in [1.54, 1.807) is 39.2 Å². The summed E-state index contributed by atoms with van der Waals surface area (Å²) in [5.41, 5.74) is 1.38. The van der Waals surface area contributed by atoms with Crippen LogP contribution in [0.25, 0.3) is 11.4 Å². The van der Waals surface area contributed by atoms with Crippen molar-refractivity contribution in [3.05, 3.63) is 41.1 Å². The number of carbonyl (C=O) groups excluding carboxylic acids is 1. The quantitative estimate of drug-likeness (QED) is 0.613. The van der Waals surface area contributed by atoms with E-state index in [4.69, 9.17) is 23.3 Å². The minimum Gasteiger partial charge on any atom is -0.497 e. The third-order valence-electron chi connectivity index (χ3n) is 3.68. The number of benzene rings is 1. The van der Waals surface area contributed by atoms with Crippen molar-refractivity contribution < 1.29 is 28.1 Å². The topological polar surface area (TPSA) is 110 Å². The van der Waals surface area contributed by atoms with Gasteiger partial charge in [-0.1, -0.05) is 10.3 Å². The minimum absolute atomic E-state index is 0.151. The van der Waals surface area contributed by atoms with Gasteiger partial charge in [-0.25, -0.2) is 4.79 Å². The summed E-state index contributed by atoms with van der Waals surface area (Å²) in [6.45, 7) is 3.12. The SMILES string of the molecule is COc1ccc(-c2noc(COC(=O)c3c(C)noc3C)n2)c(OC)c1. The van der Waals surface area contributed by atoms with Crippen LogP contribution in [0.1, 0.15) is 27.7 Å². The fourth-order valence-corrected chi connectivity index (χ4v) is 2.38. The van der Waals surface area contributed by atoms with E-state index in [1.165, 1.54) is 7.11 Å². The minimum atomic E-state index is -0.567. The number of ether oxygens (including phenoxy) is 3. The average molecular weight is 359 g/mol. The van der Waals surface area contributed by atoms with Crippen molar-refractivity contribution in [2.75, 3.05) is 14.2 Å². The standard InChI is InChI=1S/C17H17N3O6/c1-9-15(10(2)25-19-9)17(21)24-8-14-18-16(20-26-14)12-6-5-11(22-3)7-13(12)23-4/h5-7H,8H2,1-4H3. The van der Waals surface area contributed by atoms with Crippen molar-refractivity contribution in [3.8, 4) is 22.9 Å². The molecule has 1 aromatic carbocycles. The van der Waals surface area contributed by atoms with E-state index in [0.717, 1.165) is 0 Å². The maximum absolute atomic E-state index is 12.1. The molecule has 0 N–H and O–H groups in total. The van der Waals surface area contributed by atoms with Crippen LogP contribution in [0.5, 0.6) is 11.5 Å². The summed E-state index contributed by atoms with van der Waals surface area (Å²) < 4.78 is 25.8. The molecule has 0 unspecified atom stereocenters. The molecule has 3 rings (SSSR count). The van der Waals surface area contributed by atoms with Crippen LogP contribution in [0, 0.1) is 13.8 Å². The molecule has 3 aromatic rings. The number of nitrogens with zero attached hydrogens (tertiary/aromatic N) is 3.